The minimum atomic E-state index is -0.191. The van der Waals surface area contributed by atoms with Gasteiger partial charge < -0.3 is 20.1 Å². The molecule has 0 radical (unpaired) electrons. The van der Waals surface area contributed by atoms with Gasteiger partial charge >= 0.3 is 0 Å². The van der Waals surface area contributed by atoms with Crippen LogP contribution in [0.3, 0.4) is 0 Å². The Bertz CT molecular complexity index is 1110. The second kappa shape index (κ2) is 11.2. The first-order valence-electron chi connectivity index (χ1n) is 11.5. The Balaban J connectivity index is 1.21. The van der Waals surface area contributed by atoms with Crippen LogP contribution in [-0.4, -0.2) is 42.1 Å². The summed E-state index contributed by atoms with van der Waals surface area (Å²) in [7, 11) is 0. The molecule has 0 bridgehead atoms. The van der Waals surface area contributed by atoms with Crippen molar-refractivity contribution in [1.82, 2.24) is 15.6 Å². The number of rotatable bonds is 11. The number of aromatic nitrogens is 1. The van der Waals surface area contributed by atoms with E-state index in [1.807, 2.05) is 62.4 Å². The van der Waals surface area contributed by atoms with Crippen LogP contribution in [-0.2, 0) is 11.2 Å². The molecule has 178 valence electrons. The molecule has 0 atom stereocenters. The molecular formula is C26H29N3O4S. The molecule has 2 aromatic carbocycles. The minimum Gasteiger partial charge on any atom is -0.491 e. The minimum absolute atomic E-state index is 0.0252. The topological polar surface area (TPSA) is 89.6 Å². The molecule has 0 aliphatic heterocycles. The standard InChI is InChI=1S/C26H29N3O4S/c1-17(2)33-22-11-5-19(6-12-22)26-29-23(16-34-26)25(31)27-14-13-18-3-9-21(10-4-18)32-15-24(30)28-20-7-8-20/h3-6,9-12,16-17,20H,7-8,13-15H2,1-2H3,(H,27,31)(H,28,30). The molecule has 4 rings (SSSR count). The van der Waals surface area contributed by atoms with E-state index in [-0.39, 0.29) is 24.5 Å². The third-order valence-corrected chi connectivity index (χ3v) is 6.04. The molecule has 0 unspecified atom stereocenters. The molecule has 1 fully saturated rings. The van der Waals surface area contributed by atoms with E-state index in [1.165, 1.54) is 11.3 Å². The van der Waals surface area contributed by atoms with Gasteiger partial charge in [-0.05, 0) is 75.1 Å². The van der Waals surface area contributed by atoms with Crippen LogP contribution in [0, 0.1) is 0 Å². The normalized spacial score (nSPS) is 12.9. The Morgan fingerprint density at radius 2 is 1.76 bits per heavy atom. The van der Waals surface area contributed by atoms with Crippen molar-refractivity contribution in [1.29, 1.82) is 0 Å². The van der Waals surface area contributed by atoms with Gasteiger partial charge in [0.25, 0.3) is 11.8 Å². The quantitative estimate of drug-likeness (QED) is 0.430. The van der Waals surface area contributed by atoms with Crippen LogP contribution in [0.25, 0.3) is 10.6 Å². The lowest BCUT2D eigenvalue weighted by Crippen LogP contribution is -2.30. The number of nitrogens with one attached hydrogen (secondary N) is 2. The highest BCUT2D eigenvalue weighted by molar-refractivity contribution is 7.13. The zero-order chi connectivity index (χ0) is 23.9. The number of ether oxygens (including phenoxy) is 2. The van der Waals surface area contributed by atoms with Gasteiger partial charge in [0.05, 0.1) is 6.10 Å². The maximum absolute atomic E-state index is 12.5. The fraction of sp³-hybridized carbons (Fsp3) is 0.346. The SMILES string of the molecule is CC(C)Oc1ccc(-c2nc(C(=O)NCCc3ccc(OCC(=O)NC4CC4)cc3)cs2)cc1. The van der Waals surface area contributed by atoms with E-state index in [0.717, 1.165) is 34.7 Å². The third kappa shape index (κ3) is 7.05. The molecule has 2 amide bonds. The average molecular weight is 480 g/mol. The summed E-state index contributed by atoms with van der Waals surface area (Å²) in [6, 6.07) is 15.6. The van der Waals surface area contributed by atoms with Crippen LogP contribution < -0.4 is 20.1 Å². The summed E-state index contributed by atoms with van der Waals surface area (Å²) < 4.78 is 11.2. The van der Waals surface area contributed by atoms with Gasteiger partial charge in [-0.2, -0.15) is 0 Å². The first-order valence-corrected chi connectivity index (χ1v) is 12.4. The first kappa shape index (κ1) is 23.8. The number of nitrogens with zero attached hydrogens (tertiary/aromatic N) is 1. The number of hydrogen-bond donors (Lipinski definition) is 2. The van der Waals surface area contributed by atoms with E-state index in [0.29, 0.717) is 30.5 Å². The van der Waals surface area contributed by atoms with Crippen molar-refractivity contribution in [2.45, 2.75) is 45.3 Å². The number of thiazole rings is 1. The second-order valence-electron chi connectivity index (χ2n) is 8.51. The molecule has 1 saturated carbocycles. The van der Waals surface area contributed by atoms with E-state index in [4.69, 9.17) is 9.47 Å². The molecule has 0 spiro atoms. The lowest BCUT2D eigenvalue weighted by atomic mass is 10.1. The van der Waals surface area contributed by atoms with Crippen molar-refractivity contribution in [2.24, 2.45) is 0 Å². The van der Waals surface area contributed by atoms with E-state index in [2.05, 4.69) is 15.6 Å². The van der Waals surface area contributed by atoms with Crippen molar-refractivity contribution in [3.05, 3.63) is 65.2 Å². The summed E-state index contributed by atoms with van der Waals surface area (Å²) in [6.07, 6.45) is 2.92. The first-order chi connectivity index (χ1) is 16.5. The van der Waals surface area contributed by atoms with Gasteiger partial charge in [0.15, 0.2) is 6.61 Å². The van der Waals surface area contributed by atoms with Crippen molar-refractivity contribution >= 4 is 23.2 Å². The molecule has 3 aromatic rings. The highest BCUT2D eigenvalue weighted by Crippen LogP contribution is 2.26. The van der Waals surface area contributed by atoms with E-state index in [9.17, 15) is 9.59 Å². The number of carbonyl (C=O) groups is 2. The number of hydrogen-bond acceptors (Lipinski definition) is 6. The fourth-order valence-electron chi connectivity index (χ4n) is 3.27. The summed E-state index contributed by atoms with van der Waals surface area (Å²) in [5.74, 6) is 1.19. The Labute approximate surface area is 203 Å². The predicted octanol–water partition coefficient (Wildman–Crippen LogP) is 4.23. The van der Waals surface area contributed by atoms with Gasteiger partial charge in [-0.1, -0.05) is 12.1 Å². The zero-order valence-electron chi connectivity index (χ0n) is 19.4. The molecule has 1 aliphatic carbocycles. The summed E-state index contributed by atoms with van der Waals surface area (Å²) in [5, 5.41) is 8.38. The molecule has 7 nitrogen and oxygen atoms in total. The monoisotopic (exact) mass is 479 g/mol. The maximum atomic E-state index is 12.5. The Morgan fingerprint density at radius 3 is 2.44 bits per heavy atom. The smallest absolute Gasteiger partial charge is 0.270 e. The number of amides is 2. The van der Waals surface area contributed by atoms with Crippen molar-refractivity contribution in [3.8, 4) is 22.1 Å². The molecule has 0 saturated heterocycles. The number of benzene rings is 2. The van der Waals surface area contributed by atoms with Crippen LogP contribution in [0.5, 0.6) is 11.5 Å². The molecule has 1 aromatic heterocycles. The third-order valence-electron chi connectivity index (χ3n) is 5.14. The van der Waals surface area contributed by atoms with Crippen LogP contribution in [0.2, 0.25) is 0 Å². The van der Waals surface area contributed by atoms with Crippen molar-refractivity contribution in [3.63, 3.8) is 0 Å². The van der Waals surface area contributed by atoms with E-state index >= 15 is 0 Å². The van der Waals surface area contributed by atoms with Crippen LogP contribution >= 0.6 is 11.3 Å². The zero-order valence-corrected chi connectivity index (χ0v) is 20.2. The van der Waals surface area contributed by atoms with Gasteiger partial charge in [-0.25, -0.2) is 4.98 Å². The molecule has 2 N–H and O–H groups in total. The fourth-order valence-corrected chi connectivity index (χ4v) is 4.07. The van der Waals surface area contributed by atoms with Gasteiger partial charge in [0, 0.05) is 23.5 Å². The predicted molar refractivity (Wildman–Crippen MR) is 132 cm³/mol. The van der Waals surface area contributed by atoms with Gasteiger partial charge in [0.2, 0.25) is 0 Å². The lowest BCUT2D eigenvalue weighted by molar-refractivity contribution is -0.123. The summed E-state index contributed by atoms with van der Waals surface area (Å²) in [4.78, 5) is 28.7. The van der Waals surface area contributed by atoms with Gasteiger partial charge in [-0.15, -0.1) is 11.3 Å². The maximum Gasteiger partial charge on any atom is 0.270 e. The van der Waals surface area contributed by atoms with E-state index < -0.39 is 0 Å². The van der Waals surface area contributed by atoms with E-state index in [1.54, 1.807) is 5.38 Å². The molecular weight excluding hydrogens is 450 g/mol. The highest BCUT2D eigenvalue weighted by Gasteiger charge is 2.23. The number of carbonyl (C=O) groups excluding carboxylic acids is 2. The van der Waals surface area contributed by atoms with Crippen LogP contribution in [0.15, 0.2) is 53.9 Å². The molecule has 8 heteroatoms. The lowest BCUT2D eigenvalue weighted by Gasteiger charge is -2.09. The van der Waals surface area contributed by atoms with Gasteiger partial charge in [0.1, 0.15) is 22.2 Å². The Morgan fingerprint density at radius 1 is 1.06 bits per heavy atom. The van der Waals surface area contributed by atoms with Crippen LogP contribution in [0.1, 0.15) is 42.7 Å². The second-order valence-corrected chi connectivity index (χ2v) is 9.37. The van der Waals surface area contributed by atoms with Crippen LogP contribution in [0.4, 0.5) is 0 Å². The summed E-state index contributed by atoms with van der Waals surface area (Å²) >= 11 is 1.44. The Hall–Kier alpha value is -3.39. The largest absolute Gasteiger partial charge is 0.491 e. The molecule has 34 heavy (non-hydrogen) atoms. The average Bonchev–Trinajstić information content (AvgIpc) is 3.49. The summed E-state index contributed by atoms with van der Waals surface area (Å²) in [6.45, 7) is 4.50. The summed E-state index contributed by atoms with van der Waals surface area (Å²) in [5.41, 5.74) is 2.43. The highest BCUT2D eigenvalue weighted by atomic mass is 32.1. The Kier molecular flexibility index (Phi) is 7.80. The molecule has 1 aliphatic rings. The molecule has 1 heterocycles. The van der Waals surface area contributed by atoms with Crippen molar-refractivity contribution in [2.75, 3.05) is 13.2 Å². The van der Waals surface area contributed by atoms with Crippen molar-refractivity contribution < 1.29 is 19.1 Å². The van der Waals surface area contributed by atoms with Gasteiger partial charge in [-0.3, -0.25) is 9.59 Å².